The van der Waals surface area contributed by atoms with Crippen LogP contribution >= 0.6 is 0 Å². The molecule has 0 atom stereocenters. The van der Waals surface area contributed by atoms with Gasteiger partial charge in [-0.25, -0.2) is 17.2 Å². The molecule has 4 nitrogen and oxygen atoms in total. The molecule has 0 spiro atoms. The van der Waals surface area contributed by atoms with Crippen molar-refractivity contribution in [1.29, 1.82) is 0 Å². The number of amides is 1. The van der Waals surface area contributed by atoms with Crippen LogP contribution in [0.15, 0.2) is 47.4 Å². The van der Waals surface area contributed by atoms with Crippen LogP contribution < -0.4 is 5.32 Å². The number of hydrogen-bond acceptors (Lipinski definition) is 3. The molecule has 7 heteroatoms. The van der Waals surface area contributed by atoms with Crippen LogP contribution in [0, 0.1) is 11.6 Å². The predicted octanol–water partition coefficient (Wildman–Crippen LogP) is 2.62. The van der Waals surface area contributed by atoms with Gasteiger partial charge in [0.2, 0.25) is 0 Å². The topological polar surface area (TPSA) is 63.2 Å². The minimum Gasteiger partial charge on any atom is -0.322 e. The maximum atomic E-state index is 13.0. The molecule has 0 unspecified atom stereocenters. The molecule has 0 aromatic heterocycles. The number of carbonyl (C=O) groups excluding carboxylic acids is 1. The number of nitrogens with one attached hydrogen (secondary N) is 1. The maximum absolute atomic E-state index is 13.0. The maximum Gasteiger partial charge on any atom is 0.255 e. The second-order valence-corrected chi connectivity index (χ2v) is 6.40. The summed E-state index contributed by atoms with van der Waals surface area (Å²) in [5, 5.41) is 2.46. The summed E-state index contributed by atoms with van der Waals surface area (Å²) in [6, 6.07) is 8.31. The first-order chi connectivity index (χ1) is 9.77. The van der Waals surface area contributed by atoms with Gasteiger partial charge in [-0.1, -0.05) is 0 Å². The molecular formula is C14H11F2NO3S. The van der Waals surface area contributed by atoms with Gasteiger partial charge < -0.3 is 5.32 Å². The van der Waals surface area contributed by atoms with Crippen molar-refractivity contribution in [2.45, 2.75) is 4.90 Å². The second kappa shape index (κ2) is 5.61. The van der Waals surface area contributed by atoms with Crippen LogP contribution in [0.3, 0.4) is 0 Å². The summed E-state index contributed by atoms with van der Waals surface area (Å²) in [5.74, 6) is -2.78. The number of carbonyl (C=O) groups is 1. The summed E-state index contributed by atoms with van der Waals surface area (Å²) in [6.45, 7) is 0. The van der Waals surface area contributed by atoms with Crippen LogP contribution in [0.2, 0.25) is 0 Å². The third-order valence-electron chi connectivity index (χ3n) is 2.72. The third kappa shape index (κ3) is 3.63. The fourth-order valence-corrected chi connectivity index (χ4v) is 2.26. The molecule has 1 N–H and O–H groups in total. The zero-order valence-electron chi connectivity index (χ0n) is 10.9. The molecule has 0 aliphatic heterocycles. The lowest BCUT2D eigenvalue weighted by molar-refractivity contribution is 0.102. The van der Waals surface area contributed by atoms with E-state index in [9.17, 15) is 22.0 Å². The summed E-state index contributed by atoms with van der Waals surface area (Å²) >= 11 is 0. The Morgan fingerprint density at radius 1 is 1.00 bits per heavy atom. The van der Waals surface area contributed by atoms with Crippen LogP contribution in [0.4, 0.5) is 14.5 Å². The van der Waals surface area contributed by atoms with Crippen LogP contribution in [0.25, 0.3) is 0 Å². The van der Waals surface area contributed by atoms with E-state index >= 15 is 0 Å². The number of benzene rings is 2. The zero-order valence-corrected chi connectivity index (χ0v) is 11.7. The van der Waals surface area contributed by atoms with E-state index < -0.39 is 27.4 Å². The Kier molecular flexibility index (Phi) is 4.04. The number of rotatable bonds is 3. The van der Waals surface area contributed by atoms with Gasteiger partial charge in [-0.2, -0.15) is 0 Å². The molecule has 0 saturated carbocycles. The molecule has 0 saturated heterocycles. The molecule has 21 heavy (non-hydrogen) atoms. The van der Waals surface area contributed by atoms with Gasteiger partial charge in [0.1, 0.15) is 0 Å². The van der Waals surface area contributed by atoms with E-state index in [1.807, 2.05) is 0 Å². The summed E-state index contributed by atoms with van der Waals surface area (Å²) in [6.07, 6.45) is 1.07. The molecule has 1 amide bonds. The summed E-state index contributed by atoms with van der Waals surface area (Å²) < 4.78 is 48.4. The minimum absolute atomic E-state index is 0.0407. The van der Waals surface area contributed by atoms with Crippen LogP contribution in [-0.2, 0) is 9.84 Å². The van der Waals surface area contributed by atoms with Crippen molar-refractivity contribution in [3.8, 4) is 0 Å². The smallest absolute Gasteiger partial charge is 0.255 e. The highest BCUT2D eigenvalue weighted by Crippen LogP contribution is 2.15. The van der Waals surface area contributed by atoms with Gasteiger partial charge in [0.25, 0.3) is 5.91 Å². The number of anilines is 1. The molecule has 2 rings (SSSR count). The summed E-state index contributed by atoms with van der Waals surface area (Å²) in [7, 11) is -3.31. The molecule has 110 valence electrons. The standard InChI is InChI=1S/C14H11F2NO3S/c1-21(19,20)11-5-3-10(4-6-11)17-14(18)9-2-7-12(15)13(16)8-9/h2-8H,1H3,(H,17,18). The first-order valence-corrected chi connectivity index (χ1v) is 7.73. The van der Waals surface area contributed by atoms with Crippen molar-refractivity contribution in [3.63, 3.8) is 0 Å². The Morgan fingerprint density at radius 3 is 2.14 bits per heavy atom. The molecule has 2 aromatic carbocycles. The van der Waals surface area contributed by atoms with Gasteiger partial charge in [0.15, 0.2) is 21.5 Å². The van der Waals surface area contributed by atoms with E-state index in [0.717, 1.165) is 24.5 Å². The van der Waals surface area contributed by atoms with Gasteiger partial charge in [0.05, 0.1) is 4.90 Å². The average molecular weight is 311 g/mol. The monoisotopic (exact) mass is 311 g/mol. The molecule has 0 aliphatic carbocycles. The van der Waals surface area contributed by atoms with Crippen molar-refractivity contribution >= 4 is 21.4 Å². The van der Waals surface area contributed by atoms with Gasteiger partial charge in [-0.15, -0.1) is 0 Å². The van der Waals surface area contributed by atoms with Gasteiger partial charge in [-0.05, 0) is 42.5 Å². The van der Waals surface area contributed by atoms with Crippen molar-refractivity contribution in [3.05, 3.63) is 59.7 Å². The van der Waals surface area contributed by atoms with Crippen LogP contribution in [0.5, 0.6) is 0 Å². The quantitative estimate of drug-likeness (QED) is 0.948. The summed E-state index contributed by atoms with van der Waals surface area (Å²) in [4.78, 5) is 12.0. The van der Waals surface area contributed by atoms with Crippen LogP contribution in [0.1, 0.15) is 10.4 Å². The fourth-order valence-electron chi connectivity index (χ4n) is 1.63. The van der Waals surface area contributed by atoms with E-state index in [1.54, 1.807) is 0 Å². The molecule has 2 aromatic rings. The Labute approximate surface area is 120 Å². The largest absolute Gasteiger partial charge is 0.322 e. The SMILES string of the molecule is CS(=O)(=O)c1ccc(NC(=O)c2ccc(F)c(F)c2)cc1. The van der Waals surface area contributed by atoms with Crippen molar-refractivity contribution in [2.24, 2.45) is 0 Å². The van der Waals surface area contributed by atoms with E-state index in [1.165, 1.54) is 24.3 Å². The minimum atomic E-state index is -3.31. The Bertz CT molecular complexity index is 786. The van der Waals surface area contributed by atoms with E-state index in [4.69, 9.17) is 0 Å². The van der Waals surface area contributed by atoms with Gasteiger partial charge in [0, 0.05) is 17.5 Å². The fraction of sp³-hybridized carbons (Fsp3) is 0.0714. The highest BCUT2D eigenvalue weighted by atomic mass is 32.2. The lowest BCUT2D eigenvalue weighted by atomic mass is 10.2. The Morgan fingerprint density at radius 2 is 1.62 bits per heavy atom. The average Bonchev–Trinajstić information content (AvgIpc) is 2.41. The van der Waals surface area contributed by atoms with E-state index in [-0.39, 0.29) is 10.5 Å². The zero-order chi connectivity index (χ0) is 15.6. The van der Waals surface area contributed by atoms with E-state index in [0.29, 0.717) is 5.69 Å². The normalized spacial score (nSPS) is 11.2. The van der Waals surface area contributed by atoms with E-state index in [2.05, 4.69) is 5.32 Å². The molecule has 0 heterocycles. The third-order valence-corrected chi connectivity index (χ3v) is 3.85. The predicted molar refractivity (Wildman–Crippen MR) is 73.9 cm³/mol. The molecule has 0 radical (unpaired) electrons. The lowest BCUT2D eigenvalue weighted by Crippen LogP contribution is -2.12. The lowest BCUT2D eigenvalue weighted by Gasteiger charge is -2.06. The second-order valence-electron chi connectivity index (χ2n) is 4.38. The summed E-state index contributed by atoms with van der Waals surface area (Å²) in [5.41, 5.74) is 0.304. The highest BCUT2D eigenvalue weighted by Gasteiger charge is 2.11. The molecule has 0 aliphatic rings. The molecular weight excluding hydrogens is 300 g/mol. The van der Waals surface area contributed by atoms with Crippen molar-refractivity contribution in [2.75, 3.05) is 11.6 Å². The Hall–Kier alpha value is -2.28. The number of halogens is 2. The first kappa shape index (κ1) is 15.1. The van der Waals surface area contributed by atoms with Crippen molar-refractivity contribution < 1.29 is 22.0 Å². The van der Waals surface area contributed by atoms with Crippen molar-refractivity contribution in [1.82, 2.24) is 0 Å². The Balaban J connectivity index is 2.18. The van der Waals surface area contributed by atoms with Crippen LogP contribution in [-0.4, -0.2) is 20.6 Å². The van der Waals surface area contributed by atoms with Gasteiger partial charge >= 0.3 is 0 Å². The molecule has 0 fully saturated rings. The molecule has 0 bridgehead atoms. The number of sulfone groups is 1. The highest BCUT2D eigenvalue weighted by molar-refractivity contribution is 7.90. The number of hydrogen-bond donors (Lipinski definition) is 1. The van der Waals surface area contributed by atoms with Gasteiger partial charge in [-0.3, -0.25) is 4.79 Å². The first-order valence-electron chi connectivity index (χ1n) is 5.84.